The third-order valence-electron chi connectivity index (χ3n) is 3.44. The molecule has 2 aromatic rings. The lowest BCUT2D eigenvalue weighted by molar-refractivity contribution is 0.475. The molecule has 3 rings (SSSR count). The van der Waals surface area contributed by atoms with Gasteiger partial charge in [0.15, 0.2) is 0 Å². The second-order valence-electron chi connectivity index (χ2n) is 4.61. The van der Waals surface area contributed by atoms with Gasteiger partial charge in [-0.15, -0.1) is 11.8 Å². The maximum atomic E-state index is 9.43. The van der Waals surface area contributed by atoms with E-state index in [9.17, 15) is 10.2 Å². The number of aromatic hydroxyl groups is 2. The van der Waals surface area contributed by atoms with Gasteiger partial charge in [-0.05, 0) is 47.2 Å². The highest BCUT2D eigenvalue weighted by Gasteiger charge is 2.35. The molecule has 1 heterocycles. The molecule has 0 saturated heterocycles. The van der Waals surface area contributed by atoms with Crippen molar-refractivity contribution < 1.29 is 10.2 Å². The second kappa shape index (κ2) is 4.67. The molecule has 1 aliphatic rings. The fraction of sp³-hybridized carbons (Fsp3) is 0.125. The van der Waals surface area contributed by atoms with Crippen LogP contribution in [-0.2, 0) is 4.75 Å². The molecule has 96 valence electrons. The quantitative estimate of drug-likeness (QED) is 0.866. The minimum atomic E-state index is -0.151. The number of rotatable bonds is 2. The number of phenols is 2. The van der Waals surface area contributed by atoms with Crippen molar-refractivity contribution in [1.29, 1.82) is 0 Å². The molecule has 0 unspecified atom stereocenters. The topological polar surface area (TPSA) is 40.5 Å². The van der Waals surface area contributed by atoms with E-state index >= 15 is 0 Å². The van der Waals surface area contributed by atoms with E-state index in [1.807, 2.05) is 24.3 Å². The van der Waals surface area contributed by atoms with E-state index in [1.54, 1.807) is 36.0 Å². The largest absolute Gasteiger partial charge is 0.508 e. The van der Waals surface area contributed by atoms with Gasteiger partial charge in [0.25, 0.3) is 0 Å². The molecule has 0 aliphatic carbocycles. The Bertz CT molecular complexity index is 544. The van der Waals surface area contributed by atoms with Crippen LogP contribution in [0.5, 0.6) is 11.5 Å². The number of hydrogen-bond donors (Lipinski definition) is 2. The molecule has 0 spiro atoms. The third kappa shape index (κ3) is 2.10. The Labute approximate surface area is 116 Å². The van der Waals surface area contributed by atoms with Gasteiger partial charge >= 0.3 is 0 Å². The maximum absolute atomic E-state index is 9.43. The number of allylic oxidation sites excluding steroid dienone is 1. The summed E-state index contributed by atoms with van der Waals surface area (Å²) in [5.41, 5.74) is 2.32. The standard InChI is InChI=1S/C16H14O2S/c17-14-6-2-12(3-7-14)16(10-1-11-19-16)13-4-8-15(18)9-5-13/h1-9,11,17-18H,10H2. The summed E-state index contributed by atoms with van der Waals surface area (Å²) in [5, 5.41) is 21.0. The SMILES string of the molecule is Oc1ccc(C2(c3ccc(O)cc3)CC=CS2)cc1. The predicted octanol–water partition coefficient (Wildman–Crippen LogP) is 3.99. The lowest BCUT2D eigenvalue weighted by atomic mass is 9.87. The average Bonchev–Trinajstić information content (AvgIpc) is 2.91. The molecule has 0 saturated carbocycles. The fourth-order valence-electron chi connectivity index (χ4n) is 2.43. The van der Waals surface area contributed by atoms with Gasteiger partial charge in [-0.2, -0.15) is 0 Å². The molecule has 3 heteroatoms. The monoisotopic (exact) mass is 270 g/mol. The zero-order valence-electron chi connectivity index (χ0n) is 10.3. The summed E-state index contributed by atoms with van der Waals surface area (Å²) in [6.07, 6.45) is 3.07. The van der Waals surface area contributed by atoms with Gasteiger partial charge in [-0.25, -0.2) is 0 Å². The van der Waals surface area contributed by atoms with Gasteiger partial charge in [-0.3, -0.25) is 0 Å². The summed E-state index contributed by atoms with van der Waals surface area (Å²) >= 11 is 1.76. The molecule has 0 radical (unpaired) electrons. The first kappa shape index (κ1) is 12.2. The van der Waals surface area contributed by atoms with Crippen LogP contribution in [0, 0.1) is 0 Å². The summed E-state index contributed by atoms with van der Waals surface area (Å²) in [5.74, 6) is 0.557. The molecule has 2 nitrogen and oxygen atoms in total. The first-order valence-corrected chi connectivity index (χ1v) is 7.00. The van der Waals surface area contributed by atoms with E-state index in [-0.39, 0.29) is 16.2 Å². The number of thioether (sulfide) groups is 1. The average molecular weight is 270 g/mol. The number of hydrogen-bond acceptors (Lipinski definition) is 3. The van der Waals surface area contributed by atoms with Crippen LogP contribution in [0.25, 0.3) is 0 Å². The van der Waals surface area contributed by atoms with E-state index in [4.69, 9.17) is 0 Å². The Kier molecular flexibility index (Phi) is 2.99. The first-order chi connectivity index (χ1) is 9.21. The maximum Gasteiger partial charge on any atom is 0.115 e. The Morgan fingerprint density at radius 3 is 1.63 bits per heavy atom. The van der Waals surface area contributed by atoms with Gasteiger partial charge in [0.05, 0.1) is 4.75 Å². The Balaban J connectivity index is 2.09. The zero-order valence-corrected chi connectivity index (χ0v) is 11.1. The molecule has 0 fully saturated rings. The summed E-state index contributed by atoms with van der Waals surface area (Å²) in [6.45, 7) is 0. The molecule has 0 aromatic heterocycles. The minimum absolute atomic E-state index is 0.151. The van der Waals surface area contributed by atoms with Crippen molar-refractivity contribution in [3.05, 3.63) is 71.1 Å². The normalized spacial score (nSPS) is 16.6. The van der Waals surface area contributed by atoms with E-state index in [0.29, 0.717) is 0 Å². The van der Waals surface area contributed by atoms with Gasteiger partial charge in [0, 0.05) is 0 Å². The lowest BCUT2D eigenvalue weighted by Crippen LogP contribution is -2.20. The Morgan fingerprint density at radius 2 is 1.26 bits per heavy atom. The molecule has 0 amide bonds. The van der Waals surface area contributed by atoms with Crippen LogP contribution in [0.2, 0.25) is 0 Å². The van der Waals surface area contributed by atoms with Gasteiger partial charge in [-0.1, -0.05) is 30.3 Å². The van der Waals surface area contributed by atoms with Crippen molar-refractivity contribution in [2.24, 2.45) is 0 Å². The van der Waals surface area contributed by atoms with Crippen molar-refractivity contribution in [3.63, 3.8) is 0 Å². The van der Waals surface area contributed by atoms with Crippen LogP contribution in [0.15, 0.2) is 60.0 Å². The van der Waals surface area contributed by atoms with Crippen molar-refractivity contribution in [3.8, 4) is 11.5 Å². The smallest absolute Gasteiger partial charge is 0.115 e. The lowest BCUT2D eigenvalue weighted by Gasteiger charge is -2.29. The Hall–Kier alpha value is -1.87. The van der Waals surface area contributed by atoms with Gasteiger partial charge in [0.1, 0.15) is 11.5 Å². The fourth-order valence-corrected chi connectivity index (χ4v) is 3.59. The van der Waals surface area contributed by atoms with Crippen LogP contribution in [0.4, 0.5) is 0 Å². The highest BCUT2D eigenvalue weighted by Crippen LogP contribution is 2.50. The number of benzene rings is 2. The van der Waals surface area contributed by atoms with Gasteiger partial charge < -0.3 is 10.2 Å². The van der Waals surface area contributed by atoms with Crippen LogP contribution < -0.4 is 0 Å². The van der Waals surface area contributed by atoms with E-state index in [1.165, 1.54) is 0 Å². The zero-order chi connectivity index (χ0) is 13.3. The molecular formula is C16H14O2S. The Morgan fingerprint density at radius 1 is 0.789 bits per heavy atom. The molecular weight excluding hydrogens is 256 g/mol. The van der Waals surface area contributed by atoms with E-state index < -0.39 is 0 Å². The molecule has 0 atom stereocenters. The van der Waals surface area contributed by atoms with Crippen molar-refractivity contribution in [1.82, 2.24) is 0 Å². The van der Waals surface area contributed by atoms with Crippen LogP contribution in [-0.4, -0.2) is 10.2 Å². The summed E-state index contributed by atoms with van der Waals surface area (Å²) in [4.78, 5) is 0. The van der Waals surface area contributed by atoms with Crippen molar-refractivity contribution >= 4 is 11.8 Å². The third-order valence-corrected chi connectivity index (χ3v) is 4.81. The van der Waals surface area contributed by atoms with Crippen LogP contribution >= 0.6 is 11.8 Å². The van der Waals surface area contributed by atoms with E-state index in [2.05, 4.69) is 11.5 Å². The molecule has 2 aromatic carbocycles. The van der Waals surface area contributed by atoms with Gasteiger partial charge in [0.2, 0.25) is 0 Å². The predicted molar refractivity (Wildman–Crippen MR) is 78.3 cm³/mol. The van der Waals surface area contributed by atoms with Crippen LogP contribution in [0.1, 0.15) is 17.5 Å². The molecule has 1 aliphatic heterocycles. The number of phenolic OH excluding ortho intramolecular Hbond substituents is 2. The van der Waals surface area contributed by atoms with Crippen LogP contribution in [0.3, 0.4) is 0 Å². The first-order valence-electron chi connectivity index (χ1n) is 6.12. The van der Waals surface area contributed by atoms with Crippen molar-refractivity contribution in [2.75, 3.05) is 0 Å². The summed E-state index contributed by atoms with van der Waals surface area (Å²) in [7, 11) is 0. The highest BCUT2D eigenvalue weighted by molar-refractivity contribution is 8.03. The minimum Gasteiger partial charge on any atom is -0.508 e. The molecule has 2 N–H and O–H groups in total. The van der Waals surface area contributed by atoms with E-state index in [0.717, 1.165) is 17.5 Å². The summed E-state index contributed by atoms with van der Waals surface area (Å²) < 4.78 is -0.151. The molecule has 0 bridgehead atoms. The second-order valence-corrected chi connectivity index (χ2v) is 5.82. The summed E-state index contributed by atoms with van der Waals surface area (Å²) in [6, 6.07) is 14.7. The highest BCUT2D eigenvalue weighted by atomic mass is 32.2. The molecule has 19 heavy (non-hydrogen) atoms. The van der Waals surface area contributed by atoms with Crippen molar-refractivity contribution in [2.45, 2.75) is 11.2 Å².